The van der Waals surface area contributed by atoms with Gasteiger partial charge in [0.25, 0.3) is 0 Å². The van der Waals surface area contributed by atoms with E-state index in [1.54, 1.807) is 6.07 Å². The number of benzene rings is 1. The van der Waals surface area contributed by atoms with Crippen LogP contribution in [0.1, 0.15) is 17.3 Å². The number of alkyl halides is 1. The number of ether oxygens (including phenoxy) is 1. The van der Waals surface area contributed by atoms with E-state index >= 15 is 0 Å². The highest BCUT2D eigenvalue weighted by molar-refractivity contribution is 9.09. The van der Waals surface area contributed by atoms with Gasteiger partial charge in [0.15, 0.2) is 11.3 Å². The summed E-state index contributed by atoms with van der Waals surface area (Å²) < 4.78 is 11.3. The van der Waals surface area contributed by atoms with Crippen molar-refractivity contribution >= 4 is 32.8 Å². The van der Waals surface area contributed by atoms with Crippen molar-refractivity contribution < 1.29 is 9.15 Å². The molecule has 4 nitrogen and oxygen atoms in total. The number of rotatable bonds is 2. The Bertz CT molecular complexity index is 674. The summed E-state index contributed by atoms with van der Waals surface area (Å²) in [6, 6.07) is 7.26. The lowest BCUT2D eigenvalue weighted by Crippen LogP contribution is -2.36. The van der Waals surface area contributed by atoms with Crippen LogP contribution in [0.25, 0.3) is 11.0 Å². The number of morpholine rings is 1. The van der Waals surface area contributed by atoms with Crippen LogP contribution in [0.15, 0.2) is 33.5 Å². The molecular weight excluding hydrogens is 322 g/mol. The van der Waals surface area contributed by atoms with Crippen molar-refractivity contribution in [2.75, 3.05) is 31.2 Å². The molecule has 20 heavy (non-hydrogen) atoms. The summed E-state index contributed by atoms with van der Waals surface area (Å²) >= 11 is 3.55. The van der Waals surface area contributed by atoms with Crippen LogP contribution in [0.4, 0.5) is 5.88 Å². The Morgan fingerprint density at radius 2 is 2.05 bits per heavy atom. The SMILES string of the molecule is CC(Br)c1cccc2c(=O)cc(N3CCOCC3)oc12. The zero-order chi connectivity index (χ0) is 14.1. The minimum atomic E-state index is 0.00254. The zero-order valence-electron chi connectivity index (χ0n) is 11.3. The van der Waals surface area contributed by atoms with Gasteiger partial charge in [0.1, 0.15) is 5.58 Å². The Kier molecular flexibility index (Phi) is 3.81. The quantitative estimate of drug-likeness (QED) is 0.790. The van der Waals surface area contributed by atoms with Crippen molar-refractivity contribution in [3.63, 3.8) is 0 Å². The Morgan fingerprint density at radius 1 is 1.30 bits per heavy atom. The molecule has 1 atom stereocenters. The van der Waals surface area contributed by atoms with Crippen LogP contribution in [0.2, 0.25) is 0 Å². The smallest absolute Gasteiger partial charge is 0.200 e. The van der Waals surface area contributed by atoms with E-state index in [4.69, 9.17) is 9.15 Å². The summed E-state index contributed by atoms with van der Waals surface area (Å²) in [5.41, 5.74) is 1.67. The standard InChI is InChI=1S/C15H16BrNO3/c1-10(16)11-3-2-4-12-13(18)9-14(20-15(11)12)17-5-7-19-8-6-17/h2-4,9-10H,5-8H2,1H3. The van der Waals surface area contributed by atoms with Gasteiger partial charge in [-0.15, -0.1) is 0 Å². The van der Waals surface area contributed by atoms with Gasteiger partial charge < -0.3 is 14.1 Å². The predicted molar refractivity (Wildman–Crippen MR) is 82.9 cm³/mol. The summed E-state index contributed by atoms with van der Waals surface area (Å²) in [5, 5.41) is 0.630. The molecule has 0 spiro atoms. The monoisotopic (exact) mass is 337 g/mol. The molecule has 0 bridgehead atoms. The van der Waals surface area contributed by atoms with E-state index in [1.807, 2.05) is 25.1 Å². The maximum atomic E-state index is 12.3. The van der Waals surface area contributed by atoms with Gasteiger partial charge >= 0.3 is 0 Å². The molecule has 2 heterocycles. The van der Waals surface area contributed by atoms with Crippen molar-refractivity contribution in [1.29, 1.82) is 0 Å². The van der Waals surface area contributed by atoms with Crippen molar-refractivity contribution in [3.8, 4) is 0 Å². The van der Waals surface area contributed by atoms with Crippen LogP contribution >= 0.6 is 15.9 Å². The summed E-state index contributed by atoms with van der Waals surface area (Å²) in [6.07, 6.45) is 0. The third-order valence-corrected chi connectivity index (χ3v) is 4.02. The van der Waals surface area contributed by atoms with Gasteiger partial charge in [-0.2, -0.15) is 0 Å². The van der Waals surface area contributed by atoms with Crippen molar-refractivity contribution in [2.45, 2.75) is 11.8 Å². The number of nitrogens with zero attached hydrogens (tertiary/aromatic N) is 1. The molecule has 0 N–H and O–H groups in total. The minimum absolute atomic E-state index is 0.00254. The molecule has 1 unspecified atom stereocenters. The molecule has 1 aromatic carbocycles. The molecule has 3 rings (SSSR count). The summed E-state index contributed by atoms with van der Waals surface area (Å²) in [5.74, 6) is 0.631. The zero-order valence-corrected chi connectivity index (χ0v) is 12.9. The molecule has 1 aromatic heterocycles. The van der Waals surface area contributed by atoms with E-state index < -0.39 is 0 Å². The Labute approximate surface area is 125 Å². The van der Waals surface area contributed by atoms with Gasteiger partial charge in [-0.1, -0.05) is 28.1 Å². The van der Waals surface area contributed by atoms with E-state index in [1.165, 1.54) is 0 Å². The maximum Gasteiger partial charge on any atom is 0.200 e. The van der Waals surface area contributed by atoms with Crippen molar-refractivity contribution in [3.05, 3.63) is 40.1 Å². The maximum absolute atomic E-state index is 12.3. The number of hydrogen-bond donors (Lipinski definition) is 0. The van der Waals surface area contributed by atoms with Gasteiger partial charge in [-0.3, -0.25) is 4.79 Å². The molecule has 106 valence electrons. The lowest BCUT2D eigenvalue weighted by molar-refractivity contribution is 0.121. The van der Waals surface area contributed by atoms with Crippen molar-refractivity contribution in [1.82, 2.24) is 0 Å². The molecule has 0 aliphatic carbocycles. The molecule has 1 saturated heterocycles. The van der Waals surface area contributed by atoms with Crippen LogP contribution < -0.4 is 10.3 Å². The second-order valence-electron chi connectivity index (χ2n) is 4.89. The first kappa shape index (κ1) is 13.6. The molecule has 0 saturated carbocycles. The first-order chi connectivity index (χ1) is 9.66. The average Bonchev–Trinajstić information content (AvgIpc) is 2.47. The third-order valence-electron chi connectivity index (χ3n) is 3.52. The Balaban J connectivity index is 2.16. The first-order valence-electron chi connectivity index (χ1n) is 6.70. The Hall–Kier alpha value is -1.33. The second kappa shape index (κ2) is 5.58. The number of anilines is 1. The first-order valence-corrected chi connectivity index (χ1v) is 7.62. The third kappa shape index (κ3) is 2.47. The van der Waals surface area contributed by atoms with E-state index in [0.717, 1.165) is 18.7 Å². The highest BCUT2D eigenvalue weighted by atomic mass is 79.9. The fourth-order valence-corrected chi connectivity index (χ4v) is 2.80. The lowest BCUT2D eigenvalue weighted by Gasteiger charge is -2.27. The van der Waals surface area contributed by atoms with E-state index in [9.17, 15) is 4.79 Å². The average molecular weight is 338 g/mol. The molecule has 0 radical (unpaired) electrons. The van der Waals surface area contributed by atoms with E-state index in [2.05, 4.69) is 20.8 Å². The summed E-state index contributed by atoms with van der Waals surface area (Å²) in [6.45, 7) is 4.85. The fraction of sp³-hybridized carbons (Fsp3) is 0.400. The predicted octanol–water partition coefficient (Wildman–Crippen LogP) is 3.09. The van der Waals surface area contributed by atoms with Gasteiger partial charge in [-0.05, 0) is 13.0 Å². The highest BCUT2D eigenvalue weighted by Gasteiger charge is 2.17. The number of halogens is 1. The van der Waals surface area contributed by atoms with E-state index in [-0.39, 0.29) is 10.3 Å². The molecule has 1 aliphatic heterocycles. The fourth-order valence-electron chi connectivity index (χ4n) is 2.44. The molecule has 5 heteroatoms. The van der Waals surface area contributed by atoms with Crippen LogP contribution in [0.5, 0.6) is 0 Å². The second-order valence-corrected chi connectivity index (χ2v) is 6.26. The number of fused-ring (bicyclic) bond motifs is 1. The van der Waals surface area contributed by atoms with Gasteiger partial charge in [-0.25, -0.2) is 0 Å². The van der Waals surface area contributed by atoms with Crippen LogP contribution in [0, 0.1) is 0 Å². The lowest BCUT2D eigenvalue weighted by atomic mass is 10.1. The molecule has 2 aromatic rings. The summed E-state index contributed by atoms with van der Waals surface area (Å²) in [7, 11) is 0. The molecular formula is C15H16BrNO3. The van der Waals surface area contributed by atoms with Crippen LogP contribution in [-0.4, -0.2) is 26.3 Å². The van der Waals surface area contributed by atoms with E-state index in [0.29, 0.717) is 30.1 Å². The van der Waals surface area contributed by atoms with Crippen molar-refractivity contribution in [2.24, 2.45) is 0 Å². The van der Waals surface area contributed by atoms with Gasteiger partial charge in [0, 0.05) is 29.5 Å². The summed E-state index contributed by atoms with van der Waals surface area (Å²) in [4.78, 5) is 14.5. The van der Waals surface area contributed by atoms with Crippen LogP contribution in [-0.2, 0) is 4.74 Å². The highest BCUT2D eigenvalue weighted by Crippen LogP contribution is 2.30. The van der Waals surface area contributed by atoms with Gasteiger partial charge in [0.2, 0.25) is 0 Å². The molecule has 1 aliphatic rings. The normalized spacial score (nSPS) is 17.4. The Morgan fingerprint density at radius 3 is 2.75 bits per heavy atom. The number of para-hydroxylation sites is 1. The minimum Gasteiger partial charge on any atom is -0.440 e. The molecule has 0 amide bonds. The largest absolute Gasteiger partial charge is 0.440 e. The molecule has 1 fully saturated rings. The number of hydrogen-bond acceptors (Lipinski definition) is 4. The van der Waals surface area contributed by atoms with Gasteiger partial charge in [0.05, 0.1) is 18.6 Å². The topological polar surface area (TPSA) is 42.7 Å². The van der Waals surface area contributed by atoms with Crippen LogP contribution in [0.3, 0.4) is 0 Å².